The summed E-state index contributed by atoms with van der Waals surface area (Å²) in [7, 11) is 0. The third-order valence-corrected chi connectivity index (χ3v) is 5.71. The minimum Gasteiger partial charge on any atom is -0.481 e. The highest BCUT2D eigenvalue weighted by molar-refractivity contribution is 9.13. The Hall–Kier alpha value is -0.200. The summed E-state index contributed by atoms with van der Waals surface area (Å²) in [6.07, 6.45) is 0. The molecule has 88 valence electrons. The van der Waals surface area contributed by atoms with E-state index in [0.717, 1.165) is 8.26 Å². The van der Waals surface area contributed by atoms with Gasteiger partial charge in [-0.2, -0.15) is 0 Å². The van der Waals surface area contributed by atoms with Crippen LogP contribution in [0.3, 0.4) is 0 Å². The van der Waals surface area contributed by atoms with Gasteiger partial charge in [-0.05, 0) is 37.9 Å². The molecule has 1 aromatic heterocycles. The second-order valence-corrected chi connectivity index (χ2v) is 6.74. The number of Topliss-reactive ketones (excluding diaryl/α,β-unsaturated/α-hetero) is 1. The fraction of sp³-hybridized carbons (Fsp3) is 0.400. The van der Waals surface area contributed by atoms with Crippen molar-refractivity contribution in [2.45, 2.75) is 13.8 Å². The molecule has 1 rings (SSSR count). The monoisotopic (exact) mass is 368 g/mol. The van der Waals surface area contributed by atoms with E-state index in [1.54, 1.807) is 19.9 Å². The van der Waals surface area contributed by atoms with Gasteiger partial charge in [0.05, 0.1) is 14.6 Å². The largest absolute Gasteiger partial charge is 0.481 e. The zero-order valence-corrected chi connectivity index (χ0v) is 12.6. The maximum Gasteiger partial charge on any atom is 0.306 e. The Balaban J connectivity index is 2.90. The van der Waals surface area contributed by atoms with Crippen molar-refractivity contribution >= 4 is 54.9 Å². The normalized spacial score (nSPS) is 14.5. The second kappa shape index (κ2) is 5.42. The predicted octanol–water partition coefficient (Wildman–Crippen LogP) is 3.81. The van der Waals surface area contributed by atoms with Gasteiger partial charge in [-0.1, -0.05) is 13.8 Å². The van der Waals surface area contributed by atoms with Crippen molar-refractivity contribution in [2.75, 3.05) is 0 Å². The van der Waals surface area contributed by atoms with Crippen molar-refractivity contribution in [1.82, 2.24) is 0 Å². The molecule has 2 atom stereocenters. The first kappa shape index (κ1) is 13.9. The number of rotatable bonds is 4. The minimum absolute atomic E-state index is 0.133. The average Bonchev–Trinajstić information content (AvgIpc) is 2.55. The number of carbonyl (C=O) groups is 2. The van der Waals surface area contributed by atoms with Crippen molar-refractivity contribution in [3.05, 3.63) is 19.2 Å². The maximum absolute atomic E-state index is 12.0. The molecular formula is C10H10Br2O3S. The Morgan fingerprint density at radius 2 is 1.88 bits per heavy atom. The van der Waals surface area contributed by atoms with Crippen molar-refractivity contribution in [2.24, 2.45) is 11.8 Å². The van der Waals surface area contributed by atoms with Crippen LogP contribution in [0.15, 0.2) is 14.3 Å². The zero-order valence-electron chi connectivity index (χ0n) is 8.66. The van der Waals surface area contributed by atoms with Gasteiger partial charge in [0.25, 0.3) is 0 Å². The molecule has 1 heterocycles. The van der Waals surface area contributed by atoms with Crippen molar-refractivity contribution in [3.63, 3.8) is 0 Å². The lowest BCUT2D eigenvalue weighted by Gasteiger charge is -2.13. The molecule has 0 radical (unpaired) electrons. The second-order valence-electron chi connectivity index (χ2n) is 3.51. The third-order valence-electron chi connectivity index (χ3n) is 2.44. The SMILES string of the molecule is CC(C(=O)O)C(C)C(=O)c1cc(Br)c(Br)s1. The Labute approximate surface area is 114 Å². The highest BCUT2D eigenvalue weighted by Gasteiger charge is 2.27. The molecule has 0 amide bonds. The van der Waals surface area contributed by atoms with Crippen LogP contribution in [0.4, 0.5) is 0 Å². The summed E-state index contributed by atoms with van der Waals surface area (Å²) in [5.41, 5.74) is 0. The average molecular weight is 370 g/mol. The topological polar surface area (TPSA) is 54.4 Å². The van der Waals surface area contributed by atoms with Crippen LogP contribution in [0.5, 0.6) is 0 Å². The molecule has 0 aliphatic carbocycles. The quantitative estimate of drug-likeness (QED) is 0.821. The van der Waals surface area contributed by atoms with E-state index in [0.29, 0.717) is 4.88 Å². The first-order chi connectivity index (χ1) is 7.34. The summed E-state index contributed by atoms with van der Waals surface area (Å²) in [5.74, 6) is -2.27. The van der Waals surface area contributed by atoms with E-state index in [1.165, 1.54) is 11.3 Å². The number of hydrogen-bond acceptors (Lipinski definition) is 3. The first-order valence-corrected chi connectivity index (χ1v) is 6.96. The van der Waals surface area contributed by atoms with Gasteiger partial charge in [0, 0.05) is 10.4 Å². The van der Waals surface area contributed by atoms with Crippen LogP contribution in [-0.4, -0.2) is 16.9 Å². The van der Waals surface area contributed by atoms with Crippen molar-refractivity contribution in [3.8, 4) is 0 Å². The molecule has 0 aliphatic heterocycles. The standard InChI is InChI=1S/C10H10Br2O3S/c1-4(5(2)10(14)15)8(13)7-3-6(11)9(12)16-7/h3-5H,1-2H3,(H,14,15). The number of carboxylic acids is 1. The van der Waals surface area contributed by atoms with Gasteiger partial charge in [0.15, 0.2) is 5.78 Å². The van der Waals surface area contributed by atoms with Crippen LogP contribution >= 0.6 is 43.2 Å². The fourth-order valence-electron chi connectivity index (χ4n) is 1.13. The lowest BCUT2D eigenvalue weighted by molar-refractivity contribution is -0.142. The molecule has 1 aromatic rings. The zero-order chi connectivity index (χ0) is 12.5. The van der Waals surface area contributed by atoms with Crippen LogP contribution in [0.2, 0.25) is 0 Å². The number of hydrogen-bond donors (Lipinski definition) is 1. The summed E-state index contributed by atoms with van der Waals surface area (Å²) >= 11 is 7.90. The van der Waals surface area contributed by atoms with Gasteiger partial charge in [-0.15, -0.1) is 11.3 Å². The molecule has 1 N–H and O–H groups in total. The Bertz CT molecular complexity index is 408. The Morgan fingerprint density at radius 1 is 1.31 bits per heavy atom. The maximum atomic E-state index is 12.0. The van der Waals surface area contributed by atoms with Crippen LogP contribution in [0.25, 0.3) is 0 Å². The predicted molar refractivity (Wildman–Crippen MR) is 70.0 cm³/mol. The van der Waals surface area contributed by atoms with Crippen LogP contribution in [-0.2, 0) is 4.79 Å². The summed E-state index contributed by atoms with van der Waals surface area (Å²) in [5, 5.41) is 8.84. The third kappa shape index (κ3) is 2.93. The molecule has 0 saturated carbocycles. The van der Waals surface area contributed by atoms with Crippen LogP contribution < -0.4 is 0 Å². The highest BCUT2D eigenvalue weighted by atomic mass is 79.9. The van der Waals surface area contributed by atoms with E-state index < -0.39 is 17.8 Å². The fourth-order valence-corrected chi connectivity index (χ4v) is 3.21. The lowest BCUT2D eigenvalue weighted by atomic mass is 9.91. The van der Waals surface area contributed by atoms with Gasteiger partial charge >= 0.3 is 5.97 Å². The highest BCUT2D eigenvalue weighted by Crippen LogP contribution is 2.34. The molecule has 6 heteroatoms. The molecule has 0 aromatic carbocycles. The molecule has 0 aliphatic rings. The van der Waals surface area contributed by atoms with Gasteiger partial charge in [0.2, 0.25) is 0 Å². The van der Waals surface area contributed by atoms with E-state index in [2.05, 4.69) is 31.9 Å². The summed E-state index contributed by atoms with van der Waals surface area (Å²) in [6, 6.07) is 1.71. The van der Waals surface area contributed by atoms with Gasteiger partial charge < -0.3 is 5.11 Å². The van der Waals surface area contributed by atoms with E-state index >= 15 is 0 Å². The molecule has 2 unspecified atom stereocenters. The summed E-state index contributed by atoms with van der Waals surface area (Å²) < 4.78 is 1.65. The number of halogens is 2. The van der Waals surface area contributed by atoms with E-state index in [4.69, 9.17) is 5.11 Å². The van der Waals surface area contributed by atoms with Crippen molar-refractivity contribution in [1.29, 1.82) is 0 Å². The van der Waals surface area contributed by atoms with Crippen molar-refractivity contribution < 1.29 is 14.7 Å². The molecule has 0 fully saturated rings. The molecule has 3 nitrogen and oxygen atoms in total. The molecule has 0 bridgehead atoms. The van der Waals surface area contributed by atoms with Gasteiger partial charge in [-0.25, -0.2) is 0 Å². The van der Waals surface area contributed by atoms with E-state index in [1.807, 2.05) is 0 Å². The van der Waals surface area contributed by atoms with Gasteiger partial charge in [-0.3, -0.25) is 9.59 Å². The molecule has 0 spiro atoms. The van der Waals surface area contributed by atoms with E-state index in [-0.39, 0.29) is 5.78 Å². The molecule has 0 saturated heterocycles. The number of aliphatic carboxylic acids is 1. The van der Waals surface area contributed by atoms with Gasteiger partial charge in [0.1, 0.15) is 0 Å². The lowest BCUT2D eigenvalue weighted by Crippen LogP contribution is -2.24. The minimum atomic E-state index is -0.949. The summed E-state index contributed by atoms with van der Waals surface area (Å²) in [4.78, 5) is 23.3. The molecule has 16 heavy (non-hydrogen) atoms. The number of carbonyl (C=O) groups excluding carboxylic acids is 1. The molecular weight excluding hydrogens is 360 g/mol. The summed E-state index contributed by atoms with van der Waals surface area (Å²) in [6.45, 7) is 3.19. The first-order valence-electron chi connectivity index (χ1n) is 4.56. The number of carboxylic acid groups (broad SMARTS) is 1. The van der Waals surface area contributed by atoms with Crippen LogP contribution in [0, 0.1) is 11.8 Å². The van der Waals surface area contributed by atoms with Crippen LogP contribution in [0.1, 0.15) is 23.5 Å². The number of ketones is 1. The number of thiophene rings is 1. The van der Waals surface area contributed by atoms with E-state index in [9.17, 15) is 9.59 Å². The Kier molecular flexibility index (Phi) is 4.70. The Morgan fingerprint density at radius 3 is 2.25 bits per heavy atom. The smallest absolute Gasteiger partial charge is 0.306 e.